The molecule has 0 unspecified atom stereocenters. The largest absolute Gasteiger partial charge is 0.416 e. The monoisotopic (exact) mass is 582 g/mol. The summed E-state index contributed by atoms with van der Waals surface area (Å²) in [6, 6.07) is 6.65. The molecule has 2 aliphatic rings. The van der Waals surface area contributed by atoms with Gasteiger partial charge in [0.2, 0.25) is 0 Å². The molecule has 3 aromatic rings. The quantitative estimate of drug-likeness (QED) is 0.266. The molecule has 0 atom stereocenters. The summed E-state index contributed by atoms with van der Waals surface area (Å²) in [5, 5.41) is 8.50. The molecule has 40 heavy (non-hydrogen) atoms. The summed E-state index contributed by atoms with van der Waals surface area (Å²) < 4.78 is 86.4. The van der Waals surface area contributed by atoms with Crippen LogP contribution in [0.3, 0.4) is 0 Å². The topological polar surface area (TPSA) is 68.5 Å². The summed E-state index contributed by atoms with van der Waals surface area (Å²) in [5.74, 6) is 0.224. The van der Waals surface area contributed by atoms with Crippen LogP contribution in [0.5, 0.6) is 0 Å². The highest BCUT2D eigenvalue weighted by Gasteiger charge is 2.38. The summed E-state index contributed by atoms with van der Waals surface area (Å²) in [4.78, 5) is 16.9. The smallest absolute Gasteiger partial charge is 0.381 e. The van der Waals surface area contributed by atoms with Crippen molar-refractivity contribution in [2.45, 2.75) is 38.2 Å². The molecule has 1 amide bonds. The lowest BCUT2D eigenvalue weighted by Crippen LogP contribution is -2.24. The second-order valence-corrected chi connectivity index (χ2v) is 10.6. The molecule has 2 aromatic carbocycles. The maximum atomic E-state index is 13.6. The number of halogens is 6. The lowest BCUT2D eigenvalue weighted by molar-refractivity contribution is -0.143. The van der Waals surface area contributed by atoms with E-state index in [9.17, 15) is 31.1 Å². The normalized spacial score (nSPS) is 18.1. The van der Waals surface area contributed by atoms with E-state index in [2.05, 4.69) is 15.4 Å². The third-order valence-corrected chi connectivity index (χ3v) is 7.76. The number of hydrogen-bond acceptors (Lipinski definition) is 5. The van der Waals surface area contributed by atoms with Crippen LogP contribution in [0.2, 0.25) is 0 Å². The maximum Gasteiger partial charge on any atom is 0.416 e. The number of fused-ring (bicyclic) bond motifs is 1. The maximum absolute atomic E-state index is 13.6. The van der Waals surface area contributed by atoms with Gasteiger partial charge in [0.15, 0.2) is 5.17 Å². The predicted octanol–water partition coefficient (Wildman–Crippen LogP) is 6.50. The minimum absolute atomic E-state index is 0.123. The number of nitrogens with one attached hydrogen (secondary N) is 1. The number of aliphatic imine (C=N–C) groups is 1. The minimum atomic E-state index is -4.97. The zero-order valence-corrected chi connectivity index (χ0v) is 21.8. The number of amides is 1. The number of ether oxygens (including phenoxy) is 1. The van der Waals surface area contributed by atoms with Crippen LogP contribution in [-0.4, -0.2) is 40.6 Å². The Kier molecular flexibility index (Phi) is 7.96. The van der Waals surface area contributed by atoms with E-state index in [1.807, 2.05) is 0 Å². The Labute approximate surface area is 229 Å². The number of amidine groups is 1. The number of alkyl halides is 6. The predicted molar refractivity (Wildman–Crippen MR) is 139 cm³/mol. The summed E-state index contributed by atoms with van der Waals surface area (Å²) in [7, 11) is 0. The number of nitrogens with zero attached hydrogens (tertiary/aromatic N) is 3. The number of benzene rings is 2. The van der Waals surface area contributed by atoms with E-state index in [-0.39, 0.29) is 24.1 Å². The van der Waals surface area contributed by atoms with Crippen LogP contribution in [-0.2, 0) is 28.4 Å². The van der Waals surface area contributed by atoms with Crippen molar-refractivity contribution in [3.05, 3.63) is 69.8 Å². The molecule has 1 saturated heterocycles. The zero-order valence-electron chi connectivity index (χ0n) is 21.0. The van der Waals surface area contributed by atoms with Crippen LogP contribution in [0.25, 0.3) is 17.0 Å². The van der Waals surface area contributed by atoms with E-state index in [0.29, 0.717) is 45.1 Å². The molecule has 0 saturated carbocycles. The minimum Gasteiger partial charge on any atom is -0.381 e. The van der Waals surface area contributed by atoms with Crippen LogP contribution in [0.4, 0.5) is 26.3 Å². The summed E-state index contributed by atoms with van der Waals surface area (Å²) in [6.07, 6.45) is -3.71. The molecular formula is C27H24F6N4O2S. The Morgan fingerprint density at radius 1 is 1.05 bits per heavy atom. The Morgan fingerprint density at radius 3 is 2.55 bits per heavy atom. The first-order valence-electron chi connectivity index (χ1n) is 12.5. The third-order valence-electron chi connectivity index (χ3n) is 6.82. The van der Waals surface area contributed by atoms with Crippen molar-refractivity contribution in [1.29, 1.82) is 0 Å². The molecule has 0 aliphatic carbocycles. The highest BCUT2D eigenvalue weighted by Crippen LogP contribution is 2.38. The number of thioether (sulfide) groups is 1. The Morgan fingerprint density at radius 2 is 1.82 bits per heavy atom. The second-order valence-electron chi connectivity index (χ2n) is 9.59. The molecule has 13 heteroatoms. The zero-order chi connectivity index (χ0) is 28.5. The second kappa shape index (κ2) is 11.3. The molecule has 3 heterocycles. The first kappa shape index (κ1) is 28.2. The van der Waals surface area contributed by atoms with Crippen molar-refractivity contribution in [3.63, 3.8) is 0 Å². The van der Waals surface area contributed by atoms with E-state index >= 15 is 0 Å². The number of rotatable bonds is 6. The van der Waals surface area contributed by atoms with E-state index in [4.69, 9.17) is 4.74 Å². The van der Waals surface area contributed by atoms with E-state index in [1.54, 1.807) is 24.3 Å². The van der Waals surface area contributed by atoms with Gasteiger partial charge in [0.25, 0.3) is 5.91 Å². The van der Waals surface area contributed by atoms with Crippen molar-refractivity contribution in [2.75, 3.05) is 19.8 Å². The van der Waals surface area contributed by atoms with Crippen LogP contribution in [0, 0.1) is 5.92 Å². The summed E-state index contributed by atoms with van der Waals surface area (Å²) in [6.45, 7) is 1.89. The van der Waals surface area contributed by atoms with Gasteiger partial charge in [-0.3, -0.25) is 9.48 Å². The van der Waals surface area contributed by atoms with E-state index in [0.717, 1.165) is 38.5 Å². The Balaban J connectivity index is 1.28. The van der Waals surface area contributed by atoms with Crippen molar-refractivity contribution in [1.82, 2.24) is 15.1 Å². The molecule has 1 aromatic heterocycles. The van der Waals surface area contributed by atoms with Gasteiger partial charge in [0.05, 0.1) is 34.3 Å². The van der Waals surface area contributed by atoms with Gasteiger partial charge in [-0.1, -0.05) is 12.1 Å². The summed E-state index contributed by atoms with van der Waals surface area (Å²) in [5.41, 5.74) is -1.90. The lowest BCUT2D eigenvalue weighted by atomic mass is 9.97. The van der Waals surface area contributed by atoms with Gasteiger partial charge in [-0.15, -0.1) is 0 Å². The van der Waals surface area contributed by atoms with Gasteiger partial charge < -0.3 is 10.1 Å². The van der Waals surface area contributed by atoms with Gasteiger partial charge in [0.1, 0.15) is 0 Å². The molecule has 6 nitrogen and oxygen atoms in total. The van der Waals surface area contributed by atoms with E-state index in [1.165, 1.54) is 22.6 Å². The third kappa shape index (κ3) is 6.52. The van der Waals surface area contributed by atoms with Gasteiger partial charge in [-0.05, 0) is 78.4 Å². The fourth-order valence-electron chi connectivity index (χ4n) is 4.69. The van der Waals surface area contributed by atoms with Crippen LogP contribution in [0.1, 0.15) is 41.5 Å². The number of hydrogen-bond donors (Lipinski definition) is 1. The van der Waals surface area contributed by atoms with Gasteiger partial charge >= 0.3 is 12.4 Å². The molecule has 2 aliphatic heterocycles. The average molecular weight is 583 g/mol. The Bertz CT molecular complexity index is 1470. The van der Waals surface area contributed by atoms with E-state index < -0.39 is 23.5 Å². The average Bonchev–Trinajstić information content (AvgIpc) is 3.45. The molecule has 5 rings (SSSR count). The van der Waals surface area contributed by atoms with Crippen LogP contribution in [0.15, 0.2) is 52.5 Å². The fraction of sp³-hybridized carbons (Fsp3) is 0.370. The first-order valence-corrected chi connectivity index (χ1v) is 13.4. The number of carbonyl (C=O) groups is 1. The van der Waals surface area contributed by atoms with Crippen molar-refractivity contribution < 1.29 is 35.9 Å². The van der Waals surface area contributed by atoms with Crippen LogP contribution < -0.4 is 5.32 Å². The van der Waals surface area contributed by atoms with Gasteiger partial charge in [0, 0.05) is 25.1 Å². The lowest BCUT2D eigenvalue weighted by Gasteiger charge is -2.21. The molecule has 0 radical (unpaired) electrons. The van der Waals surface area contributed by atoms with Crippen LogP contribution >= 0.6 is 11.8 Å². The number of aromatic nitrogens is 2. The van der Waals surface area contributed by atoms with Crippen molar-refractivity contribution >= 4 is 39.8 Å². The highest BCUT2D eigenvalue weighted by atomic mass is 32.2. The molecule has 1 fully saturated rings. The summed E-state index contributed by atoms with van der Waals surface area (Å²) >= 11 is 1.24. The Hall–Kier alpha value is -3.32. The molecule has 0 spiro atoms. The van der Waals surface area contributed by atoms with Crippen molar-refractivity contribution in [2.24, 2.45) is 10.9 Å². The highest BCUT2D eigenvalue weighted by molar-refractivity contribution is 8.18. The van der Waals surface area contributed by atoms with Gasteiger partial charge in [-0.2, -0.15) is 36.4 Å². The SMILES string of the molecule is O=C1N=C(NCCC2CCOCC2)S/C1=C\c1ccc2c(cnn2Cc2ccc(C(F)(F)F)cc2C(F)(F)F)c1. The van der Waals surface area contributed by atoms with Crippen molar-refractivity contribution in [3.8, 4) is 0 Å². The standard InChI is InChI=1S/C27H24F6N4O2S/c28-26(29,30)20-3-2-18(21(13-20)27(31,32)33)15-37-22-4-1-17(11-19(22)14-35-37)12-23-24(38)36-25(40-23)34-8-5-16-6-9-39-10-7-16/h1-4,11-14,16H,5-10,15H2,(H,34,36,38)/b23-12-. The molecule has 1 N–H and O–H groups in total. The fourth-order valence-corrected chi connectivity index (χ4v) is 5.53. The first-order chi connectivity index (χ1) is 19.0. The molecule has 0 bridgehead atoms. The number of carbonyl (C=O) groups excluding carboxylic acids is 1. The molecule has 212 valence electrons. The molecular weight excluding hydrogens is 558 g/mol. The van der Waals surface area contributed by atoms with Gasteiger partial charge in [-0.25, -0.2) is 0 Å².